The lowest BCUT2D eigenvalue weighted by atomic mass is 9.83. The summed E-state index contributed by atoms with van der Waals surface area (Å²) < 4.78 is 28.7. The summed E-state index contributed by atoms with van der Waals surface area (Å²) >= 11 is 6.17. The molecule has 0 spiro atoms. The van der Waals surface area contributed by atoms with Crippen LogP contribution in [-0.2, 0) is 6.42 Å². The van der Waals surface area contributed by atoms with E-state index < -0.39 is 5.92 Å². The zero-order chi connectivity index (χ0) is 17.5. The second kappa shape index (κ2) is 6.33. The fraction of sp³-hybridized carbons (Fsp3) is 0.556. The average Bonchev–Trinajstić information content (AvgIpc) is 2.86. The molecule has 0 radical (unpaired) electrons. The number of fused-ring (bicyclic) bond motifs is 1. The van der Waals surface area contributed by atoms with E-state index in [1.165, 1.54) is 0 Å². The van der Waals surface area contributed by atoms with Crippen molar-refractivity contribution in [2.24, 2.45) is 5.92 Å². The van der Waals surface area contributed by atoms with Crippen LogP contribution in [0.2, 0.25) is 5.02 Å². The maximum absolute atomic E-state index is 13.4. The van der Waals surface area contributed by atoms with Crippen LogP contribution in [0.25, 0.3) is 5.65 Å². The van der Waals surface area contributed by atoms with Crippen LogP contribution >= 0.6 is 11.6 Å². The van der Waals surface area contributed by atoms with Crippen LogP contribution in [0.4, 0.5) is 8.78 Å². The molecule has 3 nitrogen and oxygen atoms in total. The lowest BCUT2D eigenvalue weighted by Crippen LogP contribution is -2.26. The van der Waals surface area contributed by atoms with Gasteiger partial charge in [-0.2, -0.15) is 5.26 Å². The fourth-order valence-electron chi connectivity index (χ4n) is 3.46. The quantitative estimate of drug-likeness (QED) is 0.747. The Labute approximate surface area is 145 Å². The largest absolute Gasteiger partial charge is 0.302 e. The van der Waals surface area contributed by atoms with Crippen molar-refractivity contribution in [2.45, 2.75) is 57.8 Å². The Hall–Kier alpha value is -1.67. The fourth-order valence-corrected chi connectivity index (χ4v) is 3.65. The Morgan fingerprint density at radius 2 is 2.08 bits per heavy atom. The molecule has 3 rings (SSSR count). The second-order valence-corrected chi connectivity index (χ2v) is 7.38. The molecule has 0 atom stereocenters. The minimum atomic E-state index is -2.51. The topological polar surface area (TPSA) is 41.1 Å². The smallest absolute Gasteiger partial charge is 0.248 e. The molecule has 0 unspecified atom stereocenters. The molecule has 0 saturated heterocycles. The van der Waals surface area contributed by atoms with E-state index in [4.69, 9.17) is 16.9 Å². The van der Waals surface area contributed by atoms with Crippen LogP contribution in [0.1, 0.15) is 62.4 Å². The number of hydrogen-bond acceptors (Lipinski definition) is 2. The van der Waals surface area contributed by atoms with Crippen LogP contribution in [0.5, 0.6) is 0 Å². The van der Waals surface area contributed by atoms with Gasteiger partial charge in [0.1, 0.15) is 11.7 Å². The average molecular weight is 352 g/mol. The van der Waals surface area contributed by atoms with E-state index in [-0.39, 0.29) is 24.7 Å². The van der Waals surface area contributed by atoms with Crippen LogP contribution < -0.4 is 0 Å². The number of pyridine rings is 1. The van der Waals surface area contributed by atoms with Gasteiger partial charge in [-0.05, 0) is 31.1 Å². The summed E-state index contributed by atoms with van der Waals surface area (Å²) in [5.41, 5.74) is 3.07. The van der Waals surface area contributed by atoms with E-state index >= 15 is 0 Å². The zero-order valence-corrected chi connectivity index (χ0v) is 14.6. The Bertz CT molecular complexity index is 795. The standard InChI is InChI=1S/C18H20ClF2N3/c1-11(2)17-15(7-12-3-5-18(20,21)6-4-12)24-10-14(19)13(9-22)8-16(24)23-17/h8,10-12H,3-7H2,1-2H3. The van der Waals surface area contributed by atoms with E-state index in [0.717, 1.165) is 11.4 Å². The molecule has 128 valence electrons. The first-order chi connectivity index (χ1) is 11.3. The molecular formula is C18H20ClF2N3. The molecule has 1 fully saturated rings. The van der Waals surface area contributed by atoms with Crippen molar-refractivity contribution in [2.75, 3.05) is 0 Å². The molecule has 0 aromatic carbocycles. The first kappa shape index (κ1) is 17.2. The molecule has 0 N–H and O–H groups in total. The number of rotatable bonds is 3. The summed E-state index contributed by atoms with van der Waals surface area (Å²) in [6.45, 7) is 4.13. The summed E-state index contributed by atoms with van der Waals surface area (Å²) in [6.07, 6.45) is 3.42. The Morgan fingerprint density at radius 1 is 1.42 bits per heavy atom. The van der Waals surface area contributed by atoms with Crippen LogP contribution in [0, 0.1) is 17.2 Å². The maximum atomic E-state index is 13.4. The third-order valence-electron chi connectivity index (χ3n) is 4.83. The monoisotopic (exact) mass is 351 g/mol. The number of nitrogens with zero attached hydrogens (tertiary/aromatic N) is 3. The highest BCUT2D eigenvalue weighted by Gasteiger charge is 2.35. The molecule has 0 amide bonds. The SMILES string of the molecule is CC(C)c1nc2cc(C#N)c(Cl)cn2c1CC1CCC(F)(F)CC1. The van der Waals surface area contributed by atoms with Gasteiger partial charge in [0, 0.05) is 30.8 Å². The number of halogens is 3. The molecule has 1 saturated carbocycles. The van der Waals surface area contributed by atoms with Gasteiger partial charge in [-0.15, -0.1) is 0 Å². The molecule has 0 bridgehead atoms. The molecule has 1 aliphatic rings. The third-order valence-corrected chi connectivity index (χ3v) is 5.13. The highest BCUT2D eigenvalue weighted by molar-refractivity contribution is 6.31. The lowest BCUT2D eigenvalue weighted by molar-refractivity contribution is -0.0457. The van der Waals surface area contributed by atoms with Crippen LogP contribution in [-0.4, -0.2) is 15.3 Å². The van der Waals surface area contributed by atoms with Gasteiger partial charge in [0.25, 0.3) is 0 Å². The third kappa shape index (κ3) is 3.25. The Kier molecular flexibility index (Phi) is 4.52. The molecule has 24 heavy (non-hydrogen) atoms. The van der Waals surface area contributed by atoms with Crippen LogP contribution in [0.3, 0.4) is 0 Å². The van der Waals surface area contributed by atoms with Gasteiger partial charge in [0.05, 0.1) is 16.3 Å². The number of aromatic nitrogens is 2. The summed E-state index contributed by atoms with van der Waals surface area (Å²) in [4.78, 5) is 4.66. The Morgan fingerprint density at radius 3 is 2.67 bits per heavy atom. The predicted octanol–water partition coefficient (Wildman–Crippen LogP) is 5.35. The molecule has 1 aliphatic carbocycles. The maximum Gasteiger partial charge on any atom is 0.248 e. The van der Waals surface area contributed by atoms with Crippen molar-refractivity contribution in [1.82, 2.24) is 9.38 Å². The van der Waals surface area contributed by atoms with Crippen molar-refractivity contribution >= 4 is 17.2 Å². The van der Waals surface area contributed by atoms with E-state index in [9.17, 15) is 8.78 Å². The summed E-state index contributed by atoms with van der Waals surface area (Å²) in [7, 11) is 0. The minimum Gasteiger partial charge on any atom is -0.302 e. The highest BCUT2D eigenvalue weighted by Crippen LogP contribution is 2.38. The van der Waals surface area contributed by atoms with Gasteiger partial charge in [0.15, 0.2) is 0 Å². The van der Waals surface area contributed by atoms with Crippen LogP contribution in [0.15, 0.2) is 12.3 Å². The van der Waals surface area contributed by atoms with E-state index in [1.54, 1.807) is 12.3 Å². The molecule has 2 aromatic rings. The summed E-state index contributed by atoms with van der Waals surface area (Å²) in [5.74, 6) is -2.06. The van der Waals surface area contributed by atoms with Crippen molar-refractivity contribution in [1.29, 1.82) is 5.26 Å². The molecular weight excluding hydrogens is 332 g/mol. The van der Waals surface area contributed by atoms with E-state index in [2.05, 4.69) is 24.9 Å². The normalized spacial score (nSPS) is 18.2. The second-order valence-electron chi connectivity index (χ2n) is 6.98. The summed E-state index contributed by atoms with van der Waals surface area (Å²) in [6, 6.07) is 3.75. The number of nitriles is 1. The molecule has 6 heteroatoms. The van der Waals surface area contributed by atoms with Crippen molar-refractivity contribution in [3.8, 4) is 6.07 Å². The van der Waals surface area contributed by atoms with Gasteiger partial charge in [-0.25, -0.2) is 13.8 Å². The summed E-state index contributed by atoms with van der Waals surface area (Å²) in [5, 5.41) is 9.51. The number of alkyl halides is 2. The van der Waals surface area contributed by atoms with Crippen molar-refractivity contribution < 1.29 is 8.78 Å². The first-order valence-corrected chi connectivity index (χ1v) is 8.67. The van der Waals surface area contributed by atoms with Crippen molar-refractivity contribution in [3.63, 3.8) is 0 Å². The highest BCUT2D eigenvalue weighted by atomic mass is 35.5. The van der Waals surface area contributed by atoms with E-state index in [1.807, 2.05) is 4.40 Å². The van der Waals surface area contributed by atoms with Gasteiger partial charge >= 0.3 is 0 Å². The first-order valence-electron chi connectivity index (χ1n) is 8.29. The van der Waals surface area contributed by atoms with Gasteiger partial charge in [-0.1, -0.05) is 25.4 Å². The number of imidazole rings is 1. The molecule has 0 aliphatic heterocycles. The van der Waals surface area contributed by atoms with Gasteiger partial charge < -0.3 is 4.40 Å². The lowest BCUT2D eigenvalue weighted by Gasteiger charge is -2.28. The minimum absolute atomic E-state index is 0.0370. The molecule has 2 aromatic heterocycles. The Balaban J connectivity index is 1.98. The predicted molar refractivity (Wildman–Crippen MR) is 89.6 cm³/mol. The number of hydrogen-bond donors (Lipinski definition) is 0. The van der Waals surface area contributed by atoms with Gasteiger partial charge in [0.2, 0.25) is 5.92 Å². The van der Waals surface area contributed by atoms with Crippen molar-refractivity contribution in [3.05, 3.63) is 34.2 Å². The van der Waals surface area contributed by atoms with Gasteiger partial charge in [-0.3, -0.25) is 0 Å². The zero-order valence-electron chi connectivity index (χ0n) is 13.8. The molecule has 2 heterocycles. The van der Waals surface area contributed by atoms with E-state index in [0.29, 0.717) is 35.5 Å².